The smallest absolute Gasteiger partial charge is 0.0858 e. The van der Waals surface area contributed by atoms with Gasteiger partial charge in [-0.25, -0.2) is 0 Å². The third kappa shape index (κ3) is 3.11. The Bertz CT molecular complexity index is 465. The van der Waals surface area contributed by atoms with E-state index in [1.54, 1.807) is 0 Å². The largest absolute Gasteiger partial charge is 0.388 e. The van der Waals surface area contributed by atoms with E-state index in [4.69, 9.17) is 4.74 Å². The Balaban J connectivity index is 1.53. The molecule has 0 radical (unpaired) electrons. The van der Waals surface area contributed by atoms with E-state index in [9.17, 15) is 5.11 Å². The van der Waals surface area contributed by atoms with Crippen LogP contribution in [0.15, 0.2) is 42.0 Å². The second-order valence-corrected chi connectivity index (χ2v) is 5.98. The molecule has 1 aliphatic heterocycles. The van der Waals surface area contributed by atoms with Gasteiger partial charge in [-0.05, 0) is 30.4 Å². The van der Waals surface area contributed by atoms with Crippen molar-refractivity contribution in [2.24, 2.45) is 5.41 Å². The van der Waals surface area contributed by atoms with Crippen LogP contribution in [0.2, 0.25) is 0 Å². The molecular formula is C17H23NO2. The van der Waals surface area contributed by atoms with Crippen LogP contribution in [0.5, 0.6) is 0 Å². The van der Waals surface area contributed by atoms with Crippen molar-refractivity contribution in [3.05, 3.63) is 47.5 Å². The van der Waals surface area contributed by atoms with Gasteiger partial charge < -0.3 is 15.2 Å². The minimum Gasteiger partial charge on any atom is -0.388 e. The van der Waals surface area contributed by atoms with Crippen LogP contribution < -0.4 is 5.32 Å². The fourth-order valence-electron chi connectivity index (χ4n) is 2.90. The summed E-state index contributed by atoms with van der Waals surface area (Å²) in [5.74, 6) is 0. The Morgan fingerprint density at radius 2 is 2.05 bits per heavy atom. The summed E-state index contributed by atoms with van der Waals surface area (Å²) in [7, 11) is 0. The summed E-state index contributed by atoms with van der Waals surface area (Å²) in [6, 6.07) is 10.0. The SMILES string of the molecule is OC(c1ccccc1)C1(CNCC2=CCCOC2)CC1. The van der Waals surface area contributed by atoms with Gasteiger partial charge in [-0.3, -0.25) is 0 Å². The highest BCUT2D eigenvalue weighted by Gasteiger charge is 2.48. The van der Waals surface area contributed by atoms with Gasteiger partial charge in [-0.2, -0.15) is 0 Å². The molecule has 3 rings (SSSR count). The van der Waals surface area contributed by atoms with E-state index in [1.165, 1.54) is 5.57 Å². The van der Waals surface area contributed by atoms with Gasteiger partial charge in [0, 0.05) is 18.5 Å². The maximum absolute atomic E-state index is 10.6. The van der Waals surface area contributed by atoms with E-state index in [2.05, 4.69) is 11.4 Å². The third-order valence-electron chi connectivity index (χ3n) is 4.40. The highest BCUT2D eigenvalue weighted by molar-refractivity contribution is 5.22. The van der Waals surface area contributed by atoms with E-state index >= 15 is 0 Å². The predicted octanol–water partition coefficient (Wildman–Crippen LogP) is 2.44. The summed E-state index contributed by atoms with van der Waals surface area (Å²) in [6.07, 6.45) is 5.14. The number of nitrogens with one attached hydrogen (secondary N) is 1. The van der Waals surface area contributed by atoms with Gasteiger partial charge in [0.25, 0.3) is 0 Å². The first-order valence-electron chi connectivity index (χ1n) is 7.50. The van der Waals surface area contributed by atoms with Gasteiger partial charge in [0.15, 0.2) is 0 Å². The van der Waals surface area contributed by atoms with Gasteiger partial charge in [0.1, 0.15) is 0 Å². The second kappa shape index (κ2) is 6.08. The van der Waals surface area contributed by atoms with Gasteiger partial charge in [0.05, 0.1) is 19.3 Å². The molecule has 1 aromatic rings. The number of ether oxygens (including phenoxy) is 1. The number of hydrogen-bond donors (Lipinski definition) is 2. The maximum atomic E-state index is 10.6. The first-order valence-corrected chi connectivity index (χ1v) is 7.50. The molecule has 0 bridgehead atoms. The van der Waals surface area contributed by atoms with Gasteiger partial charge >= 0.3 is 0 Å². The van der Waals surface area contributed by atoms with Crippen LogP contribution in [-0.4, -0.2) is 31.4 Å². The zero-order valence-electron chi connectivity index (χ0n) is 11.8. The van der Waals surface area contributed by atoms with Gasteiger partial charge in [-0.1, -0.05) is 36.4 Å². The van der Waals surface area contributed by atoms with Crippen LogP contribution >= 0.6 is 0 Å². The van der Waals surface area contributed by atoms with Gasteiger partial charge in [-0.15, -0.1) is 0 Å². The number of aliphatic hydroxyl groups excluding tert-OH is 1. The average Bonchev–Trinajstić information content (AvgIpc) is 3.30. The molecule has 1 atom stereocenters. The molecule has 1 unspecified atom stereocenters. The molecule has 1 heterocycles. The lowest BCUT2D eigenvalue weighted by Crippen LogP contribution is -2.31. The summed E-state index contributed by atoms with van der Waals surface area (Å²) in [6.45, 7) is 3.35. The average molecular weight is 273 g/mol. The van der Waals surface area contributed by atoms with Crippen molar-refractivity contribution in [1.29, 1.82) is 0 Å². The van der Waals surface area contributed by atoms with Crippen molar-refractivity contribution in [2.45, 2.75) is 25.4 Å². The molecule has 0 aromatic heterocycles. The zero-order valence-corrected chi connectivity index (χ0v) is 11.8. The van der Waals surface area contributed by atoms with Crippen LogP contribution in [-0.2, 0) is 4.74 Å². The van der Waals surface area contributed by atoms with Crippen molar-refractivity contribution < 1.29 is 9.84 Å². The second-order valence-electron chi connectivity index (χ2n) is 5.98. The summed E-state index contributed by atoms with van der Waals surface area (Å²) in [4.78, 5) is 0. The quantitative estimate of drug-likeness (QED) is 0.782. The lowest BCUT2D eigenvalue weighted by atomic mass is 9.92. The Labute approximate surface area is 120 Å². The molecule has 0 spiro atoms. The zero-order chi connectivity index (χ0) is 13.8. The highest BCUT2D eigenvalue weighted by Crippen LogP contribution is 2.54. The first-order chi connectivity index (χ1) is 9.80. The first kappa shape index (κ1) is 13.8. The molecule has 3 heteroatoms. The standard InChI is InChI=1S/C17H23NO2/c19-16(15-6-2-1-3-7-15)17(8-9-17)13-18-11-14-5-4-10-20-12-14/h1-3,5-7,16,18-19H,4,8-13H2. The lowest BCUT2D eigenvalue weighted by molar-refractivity contribution is 0.0919. The molecule has 3 nitrogen and oxygen atoms in total. The Kier molecular flexibility index (Phi) is 4.20. The fourth-order valence-corrected chi connectivity index (χ4v) is 2.90. The third-order valence-corrected chi connectivity index (χ3v) is 4.40. The number of benzene rings is 1. The van der Waals surface area contributed by atoms with E-state index < -0.39 is 0 Å². The molecule has 20 heavy (non-hydrogen) atoms. The molecule has 1 aromatic carbocycles. The normalized spacial score (nSPS) is 22.1. The predicted molar refractivity (Wildman–Crippen MR) is 79.5 cm³/mol. The molecule has 1 fully saturated rings. The number of aliphatic hydroxyl groups is 1. The van der Waals surface area contributed by atoms with E-state index in [1.807, 2.05) is 30.3 Å². The molecule has 1 aliphatic carbocycles. The maximum Gasteiger partial charge on any atom is 0.0858 e. The van der Waals surface area contributed by atoms with Crippen molar-refractivity contribution >= 4 is 0 Å². The van der Waals surface area contributed by atoms with Gasteiger partial charge in [0.2, 0.25) is 0 Å². The topological polar surface area (TPSA) is 41.5 Å². The molecule has 0 saturated heterocycles. The molecular weight excluding hydrogens is 250 g/mol. The molecule has 2 N–H and O–H groups in total. The van der Waals surface area contributed by atoms with Crippen molar-refractivity contribution in [1.82, 2.24) is 5.32 Å². The van der Waals surface area contributed by atoms with Crippen LogP contribution in [0, 0.1) is 5.41 Å². The highest BCUT2D eigenvalue weighted by atomic mass is 16.5. The van der Waals surface area contributed by atoms with Crippen molar-refractivity contribution in [3.8, 4) is 0 Å². The summed E-state index contributed by atoms with van der Waals surface area (Å²) in [5, 5.41) is 14.1. The van der Waals surface area contributed by atoms with Crippen molar-refractivity contribution in [2.75, 3.05) is 26.3 Å². The molecule has 2 aliphatic rings. The Morgan fingerprint density at radius 1 is 1.25 bits per heavy atom. The van der Waals surface area contributed by atoms with E-state index in [-0.39, 0.29) is 11.5 Å². The van der Waals surface area contributed by atoms with E-state index in [0.29, 0.717) is 0 Å². The molecule has 1 saturated carbocycles. The van der Waals surface area contributed by atoms with Crippen LogP contribution in [0.3, 0.4) is 0 Å². The Hall–Kier alpha value is -1.16. The molecule has 108 valence electrons. The van der Waals surface area contributed by atoms with Crippen LogP contribution in [0.4, 0.5) is 0 Å². The summed E-state index contributed by atoms with van der Waals surface area (Å²) < 4.78 is 5.44. The molecule has 0 amide bonds. The summed E-state index contributed by atoms with van der Waals surface area (Å²) >= 11 is 0. The Morgan fingerprint density at radius 3 is 2.70 bits per heavy atom. The van der Waals surface area contributed by atoms with Crippen LogP contribution in [0.25, 0.3) is 0 Å². The number of hydrogen-bond acceptors (Lipinski definition) is 3. The minimum absolute atomic E-state index is 0.0391. The summed E-state index contributed by atoms with van der Waals surface area (Å²) in [5.41, 5.74) is 2.41. The lowest BCUT2D eigenvalue weighted by Gasteiger charge is -2.24. The van der Waals surface area contributed by atoms with Crippen LogP contribution in [0.1, 0.15) is 30.9 Å². The van der Waals surface area contributed by atoms with E-state index in [0.717, 1.165) is 51.1 Å². The monoisotopic (exact) mass is 273 g/mol. The fraction of sp³-hybridized carbons (Fsp3) is 0.529. The number of rotatable bonds is 6. The van der Waals surface area contributed by atoms with Crippen molar-refractivity contribution in [3.63, 3.8) is 0 Å². The minimum atomic E-state index is -0.354.